The summed E-state index contributed by atoms with van der Waals surface area (Å²) < 4.78 is 22.0. The zero-order valence-electron chi connectivity index (χ0n) is 25.3. The lowest BCUT2D eigenvalue weighted by atomic mass is 9.90. The van der Waals surface area contributed by atoms with Gasteiger partial charge in [0, 0.05) is 36.0 Å². The molecule has 0 bridgehead atoms. The predicted octanol–water partition coefficient (Wildman–Crippen LogP) is 8.18. The molecule has 7 rings (SSSR count). The lowest BCUT2D eigenvalue weighted by Crippen LogP contribution is -2.37. The number of carbonyl (C=O) groups excluding carboxylic acids is 1. The Morgan fingerprint density at radius 2 is 1.63 bits per heavy atom. The number of likely N-dealkylation sites (tertiary alicyclic amines) is 1. The zero-order valence-corrected chi connectivity index (χ0v) is 26.1. The first-order valence-electron chi connectivity index (χ1n) is 15.5. The van der Waals surface area contributed by atoms with E-state index in [1.54, 1.807) is 18.2 Å². The first-order chi connectivity index (χ1) is 22.6. The molecule has 46 heavy (non-hydrogen) atoms. The number of ether oxygens (including phenoxy) is 1. The quantitative estimate of drug-likeness (QED) is 0.162. The number of piperidine rings is 1. The smallest absolute Gasteiger partial charge is 0.286 e. The number of benzene rings is 4. The average Bonchev–Trinajstić information content (AvgIpc) is 3.69. The molecule has 3 heterocycles. The first kappa shape index (κ1) is 29.7. The summed E-state index contributed by atoms with van der Waals surface area (Å²) in [6.07, 6.45) is 7.06. The number of amidine groups is 1. The van der Waals surface area contributed by atoms with Gasteiger partial charge in [0.1, 0.15) is 23.9 Å². The Kier molecular flexibility index (Phi) is 8.78. The van der Waals surface area contributed by atoms with Crippen LogP contribution in [0.2, 0.25) is 0 Å². The molecular weight excluding hydrogens is 596 g/mol. The van der Waals surface area contributed by atoms with Gasteiger partial charge in [-0.1, -0.05) is 78.9 Å². The molecule has 5 aromatic rings. The van der Waals surface area contributed by atoms with Crippen LogP contribution < -0.4 is 4.74 Å². The highest BCUT2D eigenvalue weighted by Gasteiger charge is 2.29. The number of carbonyl (C=O) groups is 1. The van der Waals surface area contributed by atoms with Gasteiger partial charge >= 0.3 is 0 Å². The lowest BCUT2D eigenvalue weighted by molar-refractivity contribution is -0.113. The Labute approximate surface area is 272 Å². The van der Waals surface area contributed by atoms with E-state index in [0.717, 1.165) is 54.3 Å². The van der Waals surface area contributed by atoms with Gasteiger partial charge in [0.15, 0.2) is 5.17 Å². The van der Waals surface area contributed by atoms with Gasteiger partial charge in [-0.3, -0.25) is 4.79 Å². The van der Waals surface area contributed by atoms with Crippen molar-refractivity contribution in [2.24, 2.45) is 10.9 Å². The van der Waals surface area contributed by atoms with Crippen LogP contribution in [0, 0.1) is 11.7 Å². The molecule has 8 heteroatoms. The van der Waals surface area contributed by atoms with Gasteiger partial charge in [0.2, 0.25) is 0 Å². The second-order valence-corrected chi connectivity index (χ2v) is 12.6. The standard InChI is InChI=1S/C38H33FN4O2S/c39-34-17-8-7-12-30(34)26-45-33-16-9-13-29(23-33)36-31(25-43(41-36)32-14-5-2-6-15-32)24-35-37(44)40-38(46-35)42-20-18-28(19-21-42)22-27-10-3-1-4-11-27/h1-17,23-25,28H,18-22,26H2/b35-24-. The third-order valence-electron chi connectivity index (χ3n) is 8.37. The highest BCUT2D eigenvalue weighted by Crippen LogP contribution is 2.35. The molecule has 0 aliphatic carbocycles. The largest absolute Gasteiger partial charge is 0.489 e. The Morgan fingerprint density at radius 3 is 2.41 bits per heavy atom. The predicted molar refractivity (Wildman–Crippen MR) is 182 cm³/mol. The normalized spacial score (nSPS) is 16.2. The summed E-state index contributed by atoms with van der Waals surface area (Å²) in [4.78, 5) is 20.5. The number of amides is 1. The van der Waals surface area contributed by atoms with Crippen LogP contribution >= 0.6 is 11.8 Å². The highest BCUT2D eigenvalue weighted by molar-refractivity contribution is 8.18. The van der Waals surface area contributed by atoms with Crippen molar-refractivity contribution in [2.75, 3.05) is 13.1 Å². The number of hydrogen-bond donors (Lipinski definition) is 0. The minimum absolute atomic E-state index is 0.111. The van der Waals surface area contributed by atoms with E-state index in [1.165, 1.54) is 23.4 Å². The Hall–Kier alpha value is -4.95. The molecular formula is C38H33FN4O2S. The van der Waals surface area contributed by atoms with E-state index in [-0.39, 0.29) is 18.3 Å². The number of hydrogen-bond acceptors (Lipinski definition) is 5. The molecule has 2 aliphatic rings. The molecule has 0 N–H and O–H groups in total. The molecule has 6 nitrogen and oxygen atoms in total. The van der Waals surface area contributed by atoms with Crippen molar-refractivity contribution in [3.05, 3.63) is 143 Å². The van der Waals surface area contributed by atoms with Gasteiger partial charge in [-0.15, -0.1) is 0 Å². The third kappa shape index (κ3) is 6.82. The van der Waals surface area contributed by atoms with Crippen molar-refractivity contribution in [3.63, 3.8) is 0 Å². The molecule has 4 aromatic carbocycles. The zero-order chi connectivity index (χ0) is 31.3. The van der Waals surface area contributed by atoms with Crippen LogP contribution in [0.25, 0.3) is 23.0 Å². The lowest BCUT2D eigenvalue weighted by Gasteiger charge is -2.32. The molecule has 0 unspecified atom stereocenters. The van der Waals surface area contributed by atoms with Crippen molar-refractivity contribution in [1.82, 2.24) is 14.7 Å². The number of nitrogens with zero attached hydrogens (tertiary/aromatic N) is 4. The van der Waals surface area contributed by atoms with Gasteiger partial charge in [-0.25, -0.2) is 9.07 Å². The summed E-state index contributed by atoms with van der Waals surface area (Å²) in [7, 11) is 0. The number of aliphatic imine (C=N–C) groups is 1. The Morgan fingerprint density at radius 1 is 0.891 bits per heavy atom. The van der Waals surface area contributed by atoms with Gasteiger partial charge < -0.3 is 9.64 Å². The average molecular weight is 629 g/mol. The van der Waals surface area contributed by atoms with E-state index >= 15 is 0 Å². The molecule has 1 amide bonds. The monoisotopic (exact) mass is 628 g/mol. The molecule has 0 spiro atoms. The van der Waals surface area contributed by atoms with Crippen molar-refractivity contribution >= 4 is 28.9 Å². The molecule has 2 aliphatic heterocycles. The van der Waals surface area contributed by atoms with Crippen molar-refractivity contribution in [1.29, 1.82) is 0 Å². The van der Waals surface area contributed by atoms with Crippen LogP contribution in [0.1, 0.15) is 29.5 Å². The maximum atomic E-state index is 14.2. The van der Waals surface area contributed by atoms with E-state index in [2.05, 4.69) is 40.2 Å². The molecule has 1 saturated heterocycles. The second kappa shape index (κ2) is 13.6. The van der Waals surface area contributed by atoms with Crippen LogP contribution in [0.15, 0.2) is 125 Å². The van der Waals surface area contributed by atoms with Crippen LogP contribution in [-0.2, 0) is 17.8 Å². The van der Waals surface area contributed by atoms with E-state index in [9.17, 15) is 9.18 Å². The van der Waals surface area contributed by atoms with E-state index in [1.807, 2.05) is 71.6 Å². The van der Waals surface area contributed by atoms with E-state index in [4.69, 9.17) is 9.84 Å². The molecule has 230 valence electrons. The van der Waals surface area contributed by atoms with Crippen LogP contribution in [0.3, 0.4) is 0 Å². The summed E-state index contributed by atoms with van der Waals surface area (Å²) in [6.45, 7) is 1.89. The fourth-order valence-corrected chi connectivity index (χ4v) is 6.85. The Balaban J connectivity index is 1.10. The maximum Gasteiger partial charge on any atom is 0.286 e. The van der Waals surface area contributed by atoms with Gasteiger partial charge in [-0.05, 0) is 78.9 Å². The van der Waals surface area contributed by atoms with Gasteiger partial charge in [-0.2, -0.15) is 10.1 Å². The van der Waals surface area contributed by atoms with Gasteiger partial charge in [0.05, 0.1) is 10.6 Å². The number of halogens is 1. The summed E-state index contributed by atoms with van der Waals surface area (Å²) in [5.74, 6) is 0.702. The molecule has 0 radical (unpaired) electrons. The number of thioether (sulfide) groups is 1. The minimum atomic E-state index is -0.300. The SMILES string of the molecule is O=C1N=C(N2CCC(Cc3ccccc3)CC2)S/C1=C\c1cn(-c2ccccc2)nc1-c1cccc(OCc2ccccc2F)c1. The van der Waals surface area contributed by atoms with Crippen molar-refractivity contribution < 1.29 is 13.9 Å². The summed E-state index contributed by atoms with van der Waals surface area (Å²) >= 11 is 1.43. The maximum absolute atomic E-state index is 14.2. The van der Waals surface area contributed by atoms with Crippen LogP contribution in [0.5, 0.6) is 5.75 Å². The summed E-state index contributed by atoms with van der Waals surface area (Å²) in [5, 5.41) is 5.70. The molecule has 1 aromatic heterocycles. The van der Waals surface area contributed by atoms with Crippen LogP contribution in [0.4, 0.5) is 4.39 Å². The van der Waals surface area contributed by atoms with E-state index in [0.29, 0.717) is 27.8 Å². The molecule has 1 fully saturated rings. The fraction of sp³-hybridized carbons (Fsp3) is 0.184. The topological polar surface area (TPSA) is 59.7 Å². The number of aromatic nitrogens is 2. The van der Waals surface area contributed by atoms with Crippen molar-refractivity contribution in [2.45, 2.75) is 25.9 Å². The highest BCUT2D eigenvalue weighted by atomic mass is 32.2. The first-order valence-corrected chi connectivity index (χ1v) is 16.3. The number of rotatable bonds is 8. The third-order valence-corrected chi connectivity index (χ3v) is 9.42. The molecule has 0 saturated carbocycles. The second-order valence-electron chi connectivity index (χ2n) is 11.6. The Bertz CT molecular complexity index is 1900. The van der Waals surface area contributed by atoms with Gasteiger partial charge in [0.25, 0.3) is 5.91 Å². The summed E-state index contributed by atoms with van der Waals surface area (Å²) in [6, 6.07) is 34.7. The molecule has 0 atom stereocenters. The van der Waals surface area contributed by atoms with E-state index < -0.39 is 0 Å². The van der Waals surface area contributed by atoms with Crippen LogP contribution in [-0.4, -0.2) is 38.8 Å². The number of para-hydroxylation sites is 1. The summed E-state index contributed by atoms with van der Waals surface area (Å²) in [5.41, 5.74) is 5.09. The fourth-order valence-electron chi connectivity index (χ4n) is 5.89. The van der Waals surface area contributed by atoms with Crippen molar-refractivity contribution in [3.8, 4) is 22.7 Å². The minimum Gasteiger partial charge on any atom is -0.489 e.